The molecule has 1 aromatic heterocycles. The second-order valence-corrected chi connectivity index (χ2v) is 4.92. The molecule has 0 saturated carbocycles. The molecule has 1 aromatic rings. The first-order valence-corrected chi connectivity index (χ1v) is 6.44. The minimum atomic E-state index is -0.817. The average Bonchev–Trinajstić information content (AvgIpc) is 2.68. The predicted octanol–water partition coefficient (Wildman–Crippen LogP) is 0.813. The molecule has 0 amide bonds. The van der Waals surface area contributed by atoms with Crippen LogP contribution in [0.4, 0.5) is 5.82 Å². The molecule has 0 radical (unpaired) electrons. The summed E-state index contributed by atoms with van der Waals surface area (Å²) in [4.78, 5) is 24.7. The number of hydrogen-bond acceptors (Lipinski definition) is 7. The highest BCUT2D eigenvalue weighted by Crippen LogP contribution is 2.18. The summed E-state index contributed by atoms with van der Waals surface area (Å²) in [5.41, 5.74) is 0. The van der Waals surface area contributed by atoms with Gasteiger partial charge in [0.15, 0.2) is 11.0 Å². The van der Waals surface area contributed by atoms with Crippen molar-refractivity contribution in [2.45, 2.75) is 25.6 Å². The molecule has 2 rings (SSSR count). The van der Waals surface area contributed by atoms with E-state index in [1.54, 1.807) is 31.0 Å². The highest BCUT2D eigenvalue weighted by molar-refractivity contribution is 6.29. The molecule has 0 unspecified atom stereocenters. The lowest BCUT2D eigenvalue weighted by atomic mass is 10.2. The highest BCUT2D eigenvalue weighted by Gasteiger charge is 2.35. The van der Waals surface area contributed by atoms with Crippen molar-refractivity contribution in [3.8, 4) is 0 Å². The van der Waals surface area contributed by atoms with E-state index in [1.165, 1.54) is 0 Å². The summed E-state index contributed by atoms with van der Waals surface area (Å²) < 4.78 is 9.99. The molecular weight excluding hydrogens is 286 g/mol. The maximum absolute atomic E-state index is 11.8. The Morgan fingerprint density at radius 3 is 2.85 bits per heavy atom. The molecule has 20 heavy (non-hydrogen) atoms. The third-order valence-corrected chi connectivity index (χ3v) is 2.98. The summed E-state index contributed by atoms with van der Waals surface area (Å²) in [7, 11) is 1.66. The van der Waals surface area contributed by atoms with Crippen LogP contribution in [0.3, 0.4) is 0 Å². The lowest BCUT2D eigenvalue weighted by molar-refractivity contribution is -0.159. The summed E-state index contributed by atoms with van der Waals surface area (Å²) in [5, 5.41) is 7.79. The Hall–Kier alpha value is -1.89. The van der Waals surface area contributed by atoms with Crippen molar-refractivity contribution in [2.75, 3.05) is 18.5 Å². The van der Waals surface area contributed by atoms with Crippen LogP contribution in [0, 0.1) is 0 Å². The van der Waals surface area contributed by atoms with Gasteiger partial charge in [0.1, 0.15) is 12.6 Å². The molecule has 1 aliphatic rings. The molecule has 1 saturated heterocycles. The monoisotopic (exact) mass is 299 g/mol. The molecule has 8 heteroatoms. The lowest BCUT2D eigenvalue weighted by Crippen LogP contribution is -2.32. The molecule has 0 aromatic carbocycles. The number of nitrogens with zero attached hydrogens (tertiary/aromatic N) is 3. The van der Waals surface area contributed by atoms with Crippen molar-refractivity contribution in [1.29, 1.82) is 0 Å². The first-order valence-electron chi connectivity index (χ1n) is 6.06. The van der Waals surface area contributed by atoms with Gasteiger partial charge >= 0.3 is 11.9 Å². The van der Waals surface area contributed by atoms with E-state index in [0.29, 0.717) is 12.2 Å². The Bertz CT molecular complexity index is 508. The molecule has 2 atom stereocenters. The quantitative estimate of drug-likeness (QED) is 0.761. The van der Waals surface area contributed by atoms with Gasteiger partial charge in [0.05, 0.1) is 0 Å². The molecule has 1 aliphatic heterocycles. The van der Waals surface area contributed by atoms with Gasteiger partial charge in [-0.3, -0.25) is 4.79 Å². The predicted molar refractivity (Wildman–Crippen MR) is 70.4 cm³/mol. The van der Waals surface area contributed by atoms with Gasteiger partial charge < -0.3 is 14.4 Å². The largest absolute Gasteiger partial charge is 0.460 e. The number of halogens is 1. The summed E-state index contributed by atoms with van der Waals surface area (Å²) in [6.45, 7) is 1.70. The number of carbonyl (C=O) groups excluding carboxylic acids is 2. The zero-order valence-electron chi connectivity index (χ0n) is 11.1. The topological polar surface area (TPSA) is 81.6 Å². The fraction of sp³-hybridized carbons (Fsp3) is 0.500. The minimum Gasteiger partial charge on any atom is -0.460 e. The van der Waals surface area contributed by atoms with Crippen molar-refractivity contribution in [2.24, 2.45) is 0 Å². The number of cyclic esters (lactones) is 1. The average molecular weight is 300 g/mol. The molecule has 7 nitrogen and oxygen atoms in total. The minimum absolute atomic E-state index is 0.0471. The number of esters is 2. The number of anilines is 1. The molecule has 1 fully saturated rings. The van der Waals surface area contributed by atoms with Crippen molar-refractivity contribution < 1.29 is 19.1 Å². The second-order valence-electron chi connectivity index (χ2n) is 4.53. The third-order valence-electron chi connectivity index (χ3n) is 2.78. The van der Waals surface area contributed by atoms with Gasteiger partial charge in [-0.05, 0) is 19.1 Å². The molecule has 0 spiro atoms. The van der Waals surface area contributed by atoms with Crippen molar-refractivity contribution in [3.63, 3.8) is 0 Å². The van der Waals surface area contributed by atoms with Crippen molar-refractivity contribution >= 4 is 29.4 Å². The summed E-state index contributed by atoms with van der Waals surface area (Å²) in [5.74, 6) is -0.547. The standard InChI is InChI=1S/C12H14ClN3O4/c1-7-5-8(12(18)19-7)20-11(17)6-16(2)10-4-3-9(13)14-15-10/h3-4,7-8H,5-6H2,1-2H3/t7-,8+/m0/s1. The normalized spacial score (nSPS) is 21.4. The Labute approximate surface area is 120 Å². The van der Waals surface area contributed by atoms with Crippen LogP contribution in [-0.4, -0.2) is 47.9 Å². The van der Waals surface area contributed by atoms with Crippen molar-refractivity contribution in [1.82, 2.24) is 10.2 Å². The molecule has 0 aliphatic carbocycles. The van der Waals surface area contributed by atoms with Crippen LogP contribution in [0.1, 0.15) is 13.3 Å². The number of hydrogen-bond donors (Lipinski definition) is 0. The molecular formula is C12H14ClN3O4. The van der Waals surface area contributed by atoms with Crippen LogP contribution in [0.5, 0.6) is 0 Å². The van der Waals surface area contributed by atoms with Crippen LogP contribution in [0.15, 0.2) is 12.1 Å². The van der Waals surface area contributed by atoms with E-state index in [1.807, 2.05) is 0 Å². The van der Waals surface area contributed by atoms with Crippen LogP contribution >= 0.6 is 11.6 Å². The van der Waals surface area contributed by atoms with Gasteiger partial charge in [-0.2, -0.15) is 0 Å². The van der Waals surface area contributed by atoms with Gasteiger partial charge in [0.2, 0.25) is 6.10 Å². The van der Waals surface area contributed by atoms with Gasteiger partial charge in [-0.25, -0.2) is 4.79 Å². The van der Waals surface area contributed by atoms with E-state index in [-0.39, 0.29) is 17.8 Å². The Balaban J connectivity index is 1.88. The molecule has 2 heterocycles. The van der Waals surface area contributed by atoms with E-state index in [9.17, 15) is 9.59 Å². The first-order chi connectivity index (χ1) is 9.45. The van der Waals surface area contributed by atoms with E-state index >= 15 is 0 Å². The van der Waals surface area contributed by atoms with Gasteiger partial charge in [-0.1, -0.05) is 11.6 Å². The van der Waals surface area contributed by atoms with Crippen LogP contribution < -0.4 is 4.90 Å². The van der Waals surface area contributed by atoms with Crippen molar-refractivity contribution in [3.05, 3.63) is 17.3 Å². The van der Waals surface area contributed by atoms with Gasteiger partial charge in [0.25, 0.3) is 0 Å². The zero-order chi connectivity index (χ0) is 14.7. The molecule has 0 bridgehead atoms. The fourth-order valence-corrected chi connectivity index (χ4v) is 1.90. The summed E-state index contributed by atoms with van der Waals surface area (Å²) in [6.07, 6.45) is -0.656. The van der Waals surface area contributed by atoms with Crippen LogP contribution in [0.25, 0.3) is 0 Å². The van der Waals surface area contributed by atoms with E-state index < -0.39 is 18.0 Å². The first kappa shape index (κ1) is 14.5. The van der Waals surface area contributed by atoms with E-state index in [2.05, 4.69) is 10.2 Å². The smallest absolute Gasteiger partial charge is 0.347 e. The Morgan fingerprint density at radius 2 is 2.30 bits per heavy atom. The fourth-order valence-electron chi connectivity index (χ4n) is 1.80. The second kappa shape index (κ2) is 6.04. The van der Waals surface area contributed by atoms with Crippen LogP contribution in [0.2, 0.25) is 5.15 Å². The number of likely N-dealkylation sites (N-methyl/N-ethyl adjacent to an activating group) is 1. The number of carbonyl (C=O) groups is 2. The third kappa shape index (κ3) is 3.57. The SMILES string of the molecule is C[C@H]1C[C@@H](OC(=O)CN(C)c2ccc(Cl)nn2)C(=O)O1. The maximum atomic E-state index is 11.8. The Morgan fingerprint density at radius 1 is 1.55 bits per heavy atom. The van der Waals surface area contributed by atoms with E-state index in [0.717, 1.165) is 0 Å². The highest BCUT2D eigenvalue weighted by atomic mass is 35.5. The number of aromatic nitrogens is 2. The summed E-state index contributed by atoms with van der Waals surface area (Å²) in [6, 6.07) is 3.20. The summed E-state index contributed by atoms with van der Waals surface area (Å²) >= 11 is 5.63. The van der Waals surface area contributed by atoms with Crippen LogP contribution in [-0.2, 0) is 19.1 Å². The van der Waals surface area contributed by atoms with Gasteiger partial charge in [0, 0.05) is 13.5 Å². The molecule has 108 valence electrons. The van der Waals surface area contributed by atoms with Gasteiger partial charge in [-0.15, -0.1) is 10.2 Å². The zero-order valence-corrected chi connectivity index (χ0v) is 11.8. The van der Waals surface area contributed by atoms with E-state index in [4.69, 9.17) is 21.1 Å². The number of rotatable bonds is 4. The maximum Gasteiger partial charge on any atom is 0.347 e. The number of ether oxygens (including phenoxy) is 2. The molecule has 0 N–H and O–H groups in total. The lowest BCUT2D eigenvalue weighted by Gasteiger charge is -2.17. The Kier molecular flexibility index (Phi) is 4.39.